The predicted octanol–water partition coefficient (Wildman–Crippen LogP) is 4.25. The highest BCUT2D eigenvalue weighted by atomic mass is 16.1. The molecule has 2 heteroatoms. The van der Waals surface area contributed by atoms with Crippen LogP contribution in [0, 0.1) is 5.92 Å². The topological polar surface area (TPSA) is 29.1 Å². The first-order chi connectivity index (χ1) is 10.8. The van der Waals surface area contributed by atoms with Gasteiger partial charge in [0, 0.05) is 6.42 Å². The molecule has 0 saturated carbocycles. The summed E-state index contributed by atoms with van der Waals surface area (Å²) in [5.74, 6) is 0.515. The molecule has 2 aromatic rings. The van der Waals surface area contributed by atoms with E-state index in [1.54, 1.807) is 0 Å². The van der Waals surface area contributed by atoms with Crippen molar-refractivity contribution in [1.82, 2.24) is 5.32 Å². The van der Waals surface area contributed by atoms with E-state index in [-0.39, 0.29) is 11.9 Å². The van der Waals surface area contributed by atoms with Crippen molar-refractivity contribution in [2.24, 2.45) is 5.92 Å². The molecular formula is C20H21NO. The summed E-state index contributed by atoms with van der Waals surface area (Å²) in [4.78, 5) is 12.4. The summed E-state index contributed by atoms with van der Waals surface area (Å²) >= 11 is 0. The third-order valence-corrected chi connectivity index (χ3v) is 4.13. The third-order valence-electron chi connectivity index (χ3n) is 4.13. The van der Waals surface area contributed by atoms with Crippen molar-refractivity contribution in [3.05, 3.63) is 83.9 Å². The van der Waals surface area contributed by atoms with Crippen molar-refractivity contribution in [2.45, 2.75) is 25.3 Å². The van der Waals surface area contributed by atoms with E-state index in [4.69, 9.17) is 0 Å². The maximum atomic E-state index is 12.4. The minimum Gasteiger partial charge on any atom is -0.345 e. The maximum Gasteiger partial charge on any atom is 0.221 e. The summed E-state index contributed by atoms with van der Waals surface area (Å²) in [6, 6.07) is 20.2. The van der Waals surface area contributed by atoms with Gasteiger partial charge in [0.25, 0.3) is 0 Å². The molecule has 0 aromatic heterocycles. The van der Waals surface area contributed by atoms with E-state index < -0.39 is 0 Å². The zero-order chi connectivity index (χ0) is 15.2. The second kappa shape index (κ2) is 7.08. The lowest BCUT2D eigenvalue weighted by atomic mass is 9.97. The standard InChI is InChI=1S/C20H21NO/c22-19(15-16-9-7-8-10-16)21-20(17-11-3-1-4-12-17)18-13-5-2-6-14-18/h1-7,9,11-14,16,20H,8,10,15H2,(H,21,22). The maximum absolute atomic E-state index is 12.4. The van der Waals surface area contributed by atoms with Crippen LogP contribution in [0.4, 0.5) is 0 Å². The summed E-state index contributed by atoms with van der Waals surface area (Å²) < 4.78 is 0. The molecule has 1 amide bonds. The molecule has 2 aromatic carbocycles. The van der Waals surface area contributed by atoms with Gasteiger partial charge in [-0.2, -0.15) is 0 Å². The molecule has 1 atom stereocenters. The molecule has 3 rings (SSSR count). The second-order valence-electron chi connectivity index (χ2n) is 5.79. The molecule has 0 aliphatic heterocycles. The Bertz CT molecular complexity index is 594. The first-order valence-electron chi connectivity index (χ1n) is 7.89. The van der Waals surface area contributed by atoms with Gasteiger partial charge in [-0.15, -0.1) is 0 Å². The van der Waals surface area contributed by atoms with Gasteiger partial charge in [-0.3, -0.25) is 4.79 Å². The first kappa shape index (κ1) is 14.6. The van der Waals surface area contributed by atoms with Gasteiger partial charge in [0.2, 0.25) is 5.91 Å². The van der Waals surface area contributed by atoms with Gasteiger partial charge < -0.3 is 5.32 Å². The fourth-order valence-electron chi connectivity index (χ4n) is 2.97. The predicted molar refractivity (Wildman–Crippen MR) is 89.4 cm³/mol. The van der Waals surface area contributed by atoms with Gasteiger partial charge >= 0.3 is 0 Å². The quantitative estimate of drug-likeness (QED) is 0.820. The molecule has 112 valence electrons. The third kappa shape index (κ3) is 3.64. The molecule has 1 unspecified atom stereocenters. The molecule has 0 spiro atoms. The van der Waals surface area contributed by atoms with Crippen LogP contribution in [0.1, 0.15) is 36.4 Å². The van der Waals surface area contributed by atoms with Crippen LogP contribution in [-0.2, 0) is 4.79 Å². The number of carbonyl (C=O) groups excluding carboxylic acids is 1. The van der Waals surface area contributed by atoms with Gasteiger partial charge in [0.05, 0.1) is 6.04 Å². The summed E-state index contributed by atoms with van der Waals surface area (Å²) in [5.41, 5.74) is 2.23. The number of carbonyl (C=O) groups is 1. The van der Waals surface area contributed by atoms with Crippen LogP contribution < -0.4 is 5.32 Å². The van der Waals surface area contributed by atoms with Gasteiger partial charge in [0.15, 0.2) is 0 Å². The van der Waals surface area contributed by atoms with E-state index in [1.807, 2.05) is 36.4 Å². The highest BCUT2D eigenvalue weighted by Gasteiger charge is 2.19. The summed E-state index contributed by atoms with van der Waals surface area (Å²) in [7, 11) is 0. The largest absolute Gasteiger partial charge is 0.345 e. The summed E-state index contributed by atoms with van der Waals surface area (Å²) in [6.45, 7) is 0. The Kier molecular flexibility index (Phi) is 4.69. The second-order valence-corrected chi connectivity index (χ2v) is 5.79. The fourth-order valence-corrected chi connectivity index (χ4v) is 2.97. The average molecular weight is 291 g/mol. The zero-order valence-electron chi connectivity index (χ0n) is 12.6. The lowest BCUT2D eigenvalue weighted by Gasteiger charge is -2.20. The Hall–Kier alpha value is -2.35. The molecule has 0 bridgehead atoms. The summed E-state index contributed by atoms with van der Waals surface area (Å²) in [5, 5.41) is 3.20. The molecule has 0 fully saturated rings. The number of amides is 1. The molecule has 1 aliphatic carbocycles. The lowest BCUT2D eigenvalue weighted by molar-refractivity contribution is -0.122. The minimum absolute atomic E-state index is 0.0831. The van der Waals surface area contributed by atoms with Crippen molar-refractivity contribution < 1.29 is 4.79 Å². The van der Waals surface area contributed by atoms with Crippen LogP contribution in [0.2, 0.25) is 0 Å². The van der Waals surface area contributed by atoms with Gasteiger partial charge in [-0.1, -0.05) is 72.8 Å². The van der Waals surface area contributed by atoms with Crippen LogP contribution in [0.3, 0.4) is 0 Å². The monoisotopic (exact) mass is 291 g/mol. The van der Waals surface area contributed by atoms with Crippen LogP contribution in [0.5, 0.6) is 0 Å². The molecule has 0 saturated heterocycles. The lowest BCUT2D eigenvalue weighted by Crippen LogP contribution is -2.30. The number of allylic oxidation sites excluding steroid dienone is 2. The van der Waals surface area contributed by atoms with Crippen molar-refractivity contribution in [3.63, 3.8) is 0 Å². The Morgan fingerprint density at radius 3 is 2.09 bits per heavy atom. The van der Waals surface area contributed by atoms with Crippen LogP contribution in [-0.4, -0.2) is 5.91 Å². The number of rotatable bonds is 5. The Morgan fingerprint density at radius 1 is 1.00 bits per heavy atom. The molecule has 22 heavy (non-hydrogen) atoms. The minimum atomic E-state index is -0.0831. The van der Waals surface area contributed by atoms with E-state index >= 15 is 0 Å². The Morgan fingerprint density at radius 2 is 1.59 bits per heavy atom. The highest BCUT2D eigenvalue weighted by molar-refractivity contribution is 5.77. The van der Waals surface area contributed by atoms with E-state index in [0.29, 0.717) is 12.3 Å². The fraction of sp³-hybridized carbons (Fsp3) is 0.250. The van der Waals surface area contributed by atoms with E-state index in [0.717, 1.165) is 24.0 Å². The number of hydrogen-bond acceptors (Lipinski definition) is 1. The van der Waals surface area contributed by atoms with Crippen LogP contribution in [0.15, 0.2) is 72.8 Å². The van der Waals surface area contributed by atoms with Crippen molar-refractivity contribution in [2.75, 3.05) is 0 Å². The highest BCUT2D eigenvalue weighted by Crippen LogP contribution is 2.24. The number of hydrogen-bond donors (Lipinski definition) is 1. The van der Waals surface area contributed by atoms with Crippen LogP contribution in [0.25, 0.3) is 0 Å². The van der Waals surface area contributed by atoms with Crippen LogP contribution >= 0.6 is 0 Å². The zero-order valence-corrected chi connectivity index (χ0v) is 12.6. The summed E-state index contributed by atoms with van der Waals surface area (Å²) in [6.07, 6.45) is 7.10. The van der Waals surface area contributed by atoms with Crippen molar-refractivity contribution in [3.8, 4) is 0 Å². The first-order valence-corrected chi connectivity index (χ1v) is 7.89. The van der Waals surface area contributed by atoms with Gasteiger partial charge in [0.1, 0.15) is 0 Å². The van der Waals surface area contributed by atoms with Gasteiger partial charge in [-0.25, -0.2) is 0 Å². The molecule has 0 heterocycles. The Labute approximate surface area is 131 Å². The normalized spacial score (nSPS) is 16.9. The molecule has 1 aliphatic rings. The number of nitrogens with one attached hydrogen (secondary N) is 1. The average Bonchev–Trinajstić information content (AvgIpc) is 3.07. The van der Waals surface area contributed by atoms with Gasteiger partial charge in [-0.05, 0) is 29.9 Å². The van der Waals surface area contributed by atoms with Crippen molar-refractivity contribution in [1.29, 1.82) is 0 Å². The molecule has 2 nitrogen and oxygen atoms in total. The molecule has 0 radical (unpaired) electrons. The molecule has 1 N–H and O–H groups in total. The Balaban J connectivity index is 1.77. The smallest absolute Gasteiger partial charge is 0.221 e. The van der Waals surface area contributed by atoms with E-state index in [1.165, 1.54) is 0 Å². The van der Waals surface area contributed by atoms with Crippen molar-refractivity contribution >= 4 is 5.91 Å². The van der Waals surface area contributed by atoms with E-state index in [2.05, 4.69) is 41.7 Å². The SMILES string of the molecule is O=C(CC1C=CCC1)NC(c1ccccc1)c1ccccc1. The van der Waals surface area contributed by atoms with E-state index in [9.17, 15) is 4.79 Å². The number of benzene rings is 2. The molecular weight excluding hydrogens is 270 g/mol.